The zero-order chi connectivity index (χ0) is 12.9. The molecule has 18 heavy (non-hydrogen) atoms. The van der Waals surface area contributed by atoms with E-state index in [1.165, 1.54) is 18.5 Å². The first kappa shape index (κ1) is 11.8. The second-order valence-corrected chi connectivity index (χ2v) is 6.55. The van der Waals surface area contributed by atoms with Gasteiger partial charge in [0.15, 0.2) is 5.69 Å². The lowest BCUT2D eigenvalue weighted by Crippen LogP contribution is -2.24. The van der Waals surface area contributed by atoms with Gasteiger partial charge in [-0.3, -0.25) is 4.68 Å². The van der Waals surface area contributed by atoms with Gasteiger partial charge >= 0.3 is 5.97 Å². The van der Waals surface area contributed by atoms with Gasteiger partial charge in [0.05, 0.1) is 0 Å². The summed E-state index contributed by atoms with van der Waals surface area (Å²) < 4.78 is 1.98. The van der Waals surface area contributed by atoms with Crippen LogP contribution in [0.4, 0.5) is 0 Å². The van der Waals surface area contributed by atoms with E-state index in [0.717, 1.165) is 37.3 Å². The molecule has 0 bridgehead atoms. The van der Waals surface area contributed by atoms with Crippen molar-refractivity contribution >= 4 is 5.97 Å². The number of carboxylic acids is 1. The molecule has 1 aromatic heterocycles. The zero-order valence-electron chi connectivity index (χ0n) is 11.1. The number of aromatic nitrogens is 2. The van der Waals surface area contributed by atoms with Crippen molar-refractivity contribution in [2.45, 2.75) is 52.5 Å². The Morgan fingerprint density at radius 3 is 2.83 bits per heavy atom. The number of aromatic carboxylic acids is 1. The Hall–Kier alpha value is -1.32. The Balaban J connectivity index is 2.01. The van der Waals surface area contributed by atoms with Crippen molar-refractivity contribution < 1.29 is 9.90 Å². The van der Waals surface area contributed by atoms with Crippen LogP contribution < -0.4 is 0 Å². The average molecular weight is 248 g/mol. The summed E-state index contributed by atoms with van der Waals surface area (Å²) in [7, 11) is 0. The van der Waals surface area contributed by atoms with E-state index < -0.39 is 5.97 Å². The summed E-state index contributed by atoms with van der Waals surface area (Å²) in [6.07, 6.45) is 5.39. The Kier molecular flexibility index (Phi) is 2.50. The van der Waals surface area contributed by atoms with Crippen molar-refractivity contribution in [1.29, 1.82) is 0 Å². The normalized spacial score (nSPS) is 21.7. The van der Waals surface area contributed by atoms with Crippen molar-refractivity contribution in [3.63, 3.8) is 0 Å². The fourth-order valence-corrected chi connectivity index (χ4v) is 2.87. The summed E-state index contributed by atoms with van der Waals surface area (Å²) in [5, 5.41) is 13.6. The van der Waals surface area contributed by atoms with Crippen LogP contribution in [-0.4, -0.2) is 20.9 Å². The lowest BCUT2D eigenvalue weighted by Gasteiger charge is -2.30. The molecule has 0 aromatic carbocycles. The van der Waals surface area contributed by atoms with Gasteiger partial charge in [-0.2, -0.15) is 5.10 Å². The molecular weight excluding hydrogens is 228 g/mol. The van der Waals surface area contributed by atoms with Crippen LogP contribution in [0.15, 0.2) is 0 Å². The van der Waals surface area contributed by atoms with E-state index in [-0.39, 0.29) is 5.41 Å². The number of carboxylic acid groups (broad SMARTS) is 1. The molecule has 1 N–H and O–H groups in total. The highest BCUT2D eigenvalue weighted by Crippen LogP contribution is 2.38. The molecule has 3 rings (SSSR count). The maximum atomic E-state index is 11.3. The molecule has 1 aromatic rings. The Morgan fingerprint density at radius 2 is 2.22 bits per heavy atom. The third-order valence-electron chi connectivity index (χ3n) is 4.19. The number of carbonyl (C=O) groups is 1. The van der Waals surface area contributed by atoms with Crippen molar-refractivity contribution in [2.75, 3.05) is 0 Å². The summed E-state index contributed by atoms with van der Waals surface area (Å²) in [6, 6.07) is 0. The highest BCUT2D eigenvalue weighted by Gasteiger charge is 2.34. The SMILES string of the molecule is CC1(C)CCc2c(C(=O)O)nn(CC3CC3)c2C1. The van der Waals surface area contributed by atoms with Gasteiger partial charge < -0.3 is 5.11 Å². The minimum absolute atomic E-state index is 0.268. The van der Waals surface area contributed by atoms with Crippen molar-refractivity contribution in [3.05, 3.63) is 17.0 Å². The minimum Gasteiger partial charge on any atom is -0.476 e. The molecule has 2 aliphatic rings. The largest absolute Gasteiger partial charge is 0.476 e. The molecule has 1 heterocycles. The predicted octanol–water partition coefficient (Wildman–Crippen LogP) is 2.51. The molecule has 0 saturated heterocycles. The van der Waals surface area contributed by atoms with E-state index in [1.54, 1.807) is 0 Å². The van der Waals surface area contributed by atoms with E-state index >= 15 is 0 Å². The van der Waals surface area contributed by atoms with Gasteiger partial charge in [0.2, 0.25) is 0 Å². The molecule has 4 heteroatoms. The second-order valence-electron chi connectivity index (χ2n) is 6.55. The Bertz CT molecular complexity index is 498. The van der Waals surface area contributed by atoms with Gasteiger partial charge in [-0.05, 0) is 43.4 Å². The smallest absolute Gasteiger partial charge is 0.356 e. The summed E-state index contributed by atoms with van der Waals surface area (Å²) in [6.45, 7) is 5.42. The van der Waals surface area contributed by atoms with Crippen molar-refractivity contribution in [2.24, 2.45) is 11.3 Å². The Labute approximate surface area is 107 Å². The molecule has 2 aliphatic carbocycles. The number of nitrogens with zero attached hydrogens (tertiary/aromatic N) is 2. The van der Waals surface area contributed by atoms with Gasteiger partial charge in [0.25, 0.3) is 0 Å². The van der Waals surface area contributed by atoms with Crippen molar-refractivity contribution in [3.8, 4) is 0 Å². The van der Waals surface area contributed by atoms with Gasteiger partial charge in [0.1, 0.15) is 0 Å². The van der Waals surface area contributed by atoms with Crippen LogP contribution in [0.1, 0.15) is 54.9 Å². The maximum absolute atomic E-state index is 11.3. The van der Waals surface area contributed by atoms with Crippen LogP contribution in [0.2, 0.25) is 0 Å². The highest BCUT2D eigenvalue weighted by molar-refractivity contribution is 5.87. The molecule has 0 radical (unpaired) electrons. The van der Waals surface area contributed by atoms with Gasteiger partial charge in [-0.15, -0.1) is 0 Å². The molecule has 1 saturated carbocycles. The molecule has 0 spiro atoms. The van der Waals surface area contributed by atoms with Crippen LogP contribution >= 0.6 is 0 Å². The molecule has 4 nitrogen and oxygen atoms in total. The minimum atomic E-state index is -0.875. The standard InChI is InChI=1S/C14H20N2O2/c1-14(2)6-5-10-11(7-14)16(8-9-3-4-9)15-12(10)13(17)18/h9H,3-8H2,1-2H3,(H,17,18). The molecule has 0 unspecified atom stereocenters. The first-order chi connectivity index (χ1) is 8.46. The number of hydrogen-bond donors (Lipinski definition) is 1. The first-order valence-corrected chi connectivity index (χ1v) is 6.78. The van der Waals surface area contributed by atoms with Crippen LogP contribution in [0.25, 0.3) is 0 Å². The van der Waals surface area contributed by atoms with E-state index in [4.69, 9.17) is 0 Å². The number of rotatable bonds is 3. The lowest BCUT2D eigenvalue weighted by molar-refractivity contribution is 0.0687. The highest BCUT2D eigenvalue weighted by atomic mass is 16.4. The summed E-state index contributed by atoms with van der Waals surface area (Å²) in [5.74, 6) is -0.152. The number of fused-ring (bicyclic) bond motifs is 1. The molecule has 0 atom stereocenters. The van der Waals surface area contributed by atoms with Gasteiger partial charge in [-0.1, -0.05) is 13.8 Å². The monoisotopic (exact) mass is 248 g/mol. The van der Waals surface area contributed by atoms with E-state index in [2.05, 4.69) is 18.9 Å². The summed E-state index contributed by atoms with van der Waals surface area (Å²) >= 11 is 0. The van der Waals surface area contributed by atoms with Crippen LogP contribution in [0.3, 0.4) is 0 Å². The molecule has 0 aliphatic heterocycles. The third kappa shape index (κ3) is 2.04. The molecule has 1 fully saturated rings. The van der Waals surface area contributed by atoms with Crippen LogP contribution in [0.5, 0.6) is 0 Å². The predicted molar refractivity (Wildman–Crippen MR) is 67.7 cm³/mol. The van der Waals surface area contributed by atoms with E-state index in [9.17, 15) is 9.90 Å². The molecule has 98 valence electrons. The summed E-state index contributed by atoms with van der Waals surface area (Å²) in [4.78, 5) is 11.3. The summed E-state index contributed by atoms with van der Waals surface area (Å²) in [5.41, 5.74) is 2.73. The number of hydrogen-bond acceptors (Lipinski definition) is 2. The zero-order valence-corrected chi connectivity index (χ0v) is 11.1. The first-order valence-electron chi connectivity index (χ1n) is 6.78. The van der Waals surface area contributed by atoms with E-state index in [1.807, 2.05) is 4.68 Å². The molecular formula is C14H20N2O2. The van der Waals surface area contributed by atoms with Gasteiger partial charge in [-0.25, -0.2) is 4.79 Å². The second kappa shape index (κ2) is 3.84. The van der Waals surface area contributed by atoms with E-state index in [0.29, 0.717) is 5.69 Å². The van der Waals surface area contributed by atoms with Crippen molar-refractivity contribution in [1.82, 2.24) is 9.78 Å². The van der Waals surface area contributed by atoms with Crippen LogP contribution in [-0.2, 0) is 19.4 Å². The maximum Gasteiger partial charge on any atom is 0.356 e. The average Bonchev–Trinajstić information content (AvgIpc) is 3.01. The fourth-order valence-electron chi connectivity index (χ4n) is 2.87. The Morgan fingerprint density at radius 1 is 1.50 bits per heavy atom. The topological polar surface area (TPSA) is 55.1 Å². The quantitative estimate of drug-likeness (QED) is 0.894. The van der Waals surface area contributed by atoms with Crippen LogP contribution in [0, 0.1) is 11.3 Å². The lowest BCUT2D eigenvalue weighted by atomic mass is 9.76. The van der Waals surface area contributed by atoms with Gasteiger partial charge in [0, 0.05) is 17.8 Å². The molecule has 0 amide bonds. The fraction of sp³-hybridized carbons (Fsp3) is 0.714. The third-order valence-corrected chi connectivity index (χ3v) is 4.19.